The third-order valence-corrected chi connectivity index (χ3v) is 4.72. The molecule has 3 aromatic rings. The third-order valence-electron chi connectivity index (χ3n) is 3.62. The Balaban J connectivity index is 0.00000280. The minimum atomic E-state index is 0. The lowest BCUT2D eigenvalue weighted by Gasteiger charge is -2.02. The summed E-state index contributed by atoms with van der Waals surface area (Å²) < 4.78 is 0. The molecule has 0 fully saturated rings. The molecule has 0 radical (unpaired) electrons. The average molecular weight is 419 g/mol. The van der Waals surface area contributed by atoms with Gasteiger partial charge in [0.2, 0.25) is 0 Å². The van der Waals surface area contributed by atoms with Gasteiger partial charge in [-0.15, -0.1) is 23.7 Å². The van der Waals surface area contributed by atoms with Gasteiger partial charge in [-0.25, -0.2) is 4.98 Å². The number of nitrogens with two attached hydrogens (primary N) is 2. The van der Waals surface area contributed by atoms with Crippen LogP contribution >= 0.6 is 23.7 Å². The van der Waals surface area contributed by atoms with Crippen LogP contribution in [0.15, 0.2) is 59.1 Å². The second-order valence-corrected chi connectivity index (χ2v) is 6.39. The van der Waals surface area contributed by atoms with E-state index in [-0.39, 0.29) is 18.2 Å². The highest BCUT2D eigenvalue weighted by atomic mass is 35.5. The van der Waals surface area contributed by atoms with Crippen LogP contribution in [0.1, 0.15) is 11.3 Å². The molecule has 0 bridgehead atoms. The number of halogens is 1. The normalized spacial score (nSPS) is 11.6. The van der Waals surface area contributed by atoms with Crippen molar-refractivity contribution in [3.63, 3.8) is 0 Å². The van der Waals surface area contributed by atoms with Crippen LogP contribution in [0.3, 0.4) is 0 Å². The summed E-state index contributed by atoms with van der Waals surface area (Å²) in [5.41, 5.74) is 14.8. The van der Waals surface area contributed by atoms with Crippen molar-refractivity contribution in [2.75, 3.05) is 14.2 Å². The number of hydrogen-bond donors (Lipinski definition) is 2. The van der Waals surface area contributed by atoms with E-state index in [1.807, 2.05) is 36.5 Å². The van der Waals surface area contributed by atoms with Crippen LogP contribution in [0.5, 0.6) is 0 Å². The van der Waals surface area contributed by atoms with Crippen LogP contribution < -0.4 is 11.5 Å². The predicted octanol–water partition coefficient (Wildman–Crippen LogP) is 2.83. The first-order chi connectivity index (χ1) is 13.1. The molecule has 0 saturated heterocycles. The smallest absolute Gasteiger partial charge is 0.188 e. The third kappa shape index (κ3) is 4.76. The summed E-state index contributed by atoms with van der Waals surface area (Å²) in [5.74, 6) is 0.553. The lowest BCUT2D eigenvalue weighted by atomic mass is 10.1. The molecule has 0 saturated carbocycles. The summed E-state index contributed by atoms with van der Waals surface area (Å²) >= 11 is 1.56. The first-order valence-electron chi connectivity index (χ1n) is 7.89. The van der Waals surface area contributed by atoms with E-state index in [0.717, 1.165) is 26.6 Å². The molecule has 1 aromatic carbocycles. The van der Waals surface area contributed by atoms with Crippen molar-refractivity contribution in [2.45, 2.75) is 0 Å². The maximum atomic E-state index is 5.81. The van der Waals surface area contributed by atoms with Gasteiger partial charge in [0.05, 0.1) is 4.88 Å². The first-order valence-corrected chi connectivity index (χ1v) is 8.70. The number of pyridine rings is 1. The van der Waals surface area contributed by atoms with Crippen molar-refractivity contribution in [3.8, 4) is 21.0 Å². The molecule has 2 heterocycles. The molecule has 0 amide bonds. The summed E-state index contributed by atoms with van der Waals surface area (Å²) in [6.45, 7) is 0. The Morgan fingerprint density at radius 3 is 2.11 bits per heavy atom. The van der Waals surface area contributed by atoms with Crippen LogP contribution in [0.4, 0.5) is 0 Å². The molecule has 0 aliphatic rings. The van der Waals surface area contributed by atoms with Gasteiger partial charge in [0.1, 0.15) is 24.9 Å². The fourth-order valence-corrected chi connectivity index (χ4v) is 3.23. The van der Waals surface area contributed by atoms with Crippen molar-refractivity contribution < 1.29 is 9.68 Å². The Hall–Kier alpha value is -3.17. The van der Waals surface area contributed by atoms with Crippen LogP contribution in [0, 0.1) is 0 Å². The summed E-state index contributed by atoms with van der Waals surface area (Å²) in [4.78, 5) is 19.2. The van der Waals surface area contributed by atoms with E-state index in [1.54, 1.807) is 23.6 Å². The standard InChI is InChI=1S/C18H18N6O2S.ClH/c1-25-23-16(19)12-5-3-11(4-6-12)15-10-22-18(27-15)13-7-8-14(21-9-13)17(20)24-26-2;/h3-10H,1-2H3,(H2,19,23)(H2,20,24);1H. The summed E-state index contributed by atoms with van der Waals surface area (Å²) in [7, 11) is 2.89. The summed E-state index contributed by atoms with van der Waals surface area (Å²) in [6, 6.07) is 11.4. The number of nitrogens with zero attached hydrogens (tertiary/aromatic N) is 4. The monoisotopic (exact) mass is 418 g/mol. The zero-order chi connectivity index (χ0) is 19.2. The van der Waals surface area contributed by atoms with Gasteiger partial charge < -0.3 is 21.1 Å². The van der Waals surface area contributed by atoms with Crippen molar-refractivity contribution in [3.05, 3.63) is 60.0 Å². The Morgan fingerprint density at radius 1 is 0.857 bits per heavy atom. The highest BCUT2D eigenvalue weighted by Crippen LogP contribution is 2.31. The fourth-order valence-electron chi connectivity index (χ4n) is 2.31. The van der Waals surface area contributed by atoms with E-state index in [9.17, 15) is 0 Å². The minimum absolute atomic E-state index is 0. The SMILES string of the molecule is CO/N=C(\N)c1ccc(-c2cnc(-c3ccc(/C(N)=N/OC)nc3)s2)cc1.Cl. The first kappa shape index (κ1) is 21.1. The summed E-state index contributed by atoms with van der Waals surface area (Å²) in [5, 5.41) is 8.25. The molecule has 2 aromatic heterocycles. The Kier molecular flexibility index (Phi) is 7.30. The number of hydrogen-bond acceptors (Lipinski definition) is 7. The quantitative estimate of drug-likeness (QED) is 0.360. The van der Waals surface area contributed by atoms with Gasteiger partial charge in [-0.2, -0.15) is 0 Å². The van der Waals surface area contributed by atoms with Crippen molar-refractivity contribution in [1.29, 1.82) is 0 Å². The van der Waals surface area contributed by atoms with Gasteiger partial charge in [-0.3, -0.25) is 4.98 Å². The number of thiazole rings is 1. The molecule has 4 N–H and O–H groups in total. The van der Waals surface area contributed by atoms with Crippen LogP contribution in [-0.2, 0) is 9.68 Å². The number of aromatic nitrogens is 2. The van der Waals surface area contributed by atoms with E-state index < -0.39 is 0 Å². The van der Waals surface area contributed by atoms with Crippen molar-refractivity contribution >= 4 is 35.4 Å². The zero-order valence-corrected chi connectivity index (χ0v) is 16.8. The molecule has 28 heavy (non-hydrogen) atoms. The average Bonchev–Trinajstić information content (AvgIpc) is 3.19. The molecule has 3 rings (SSSR count). The lowest BCUT2D eigenvalue weighted by molar-refractivity contribution is 0.213. The molecule has 0 unspecified atom stereocenters. The molecule has 0 atom stereocenters. The molecule has 0 spiro atoms. The van der Waals surface area contributed by atoms with E-state index >= 15 is 0 Å². The molecule has 0 aliphatic heterocycles. The largest absolute Gasteiger partial charge is 0.397 e. The molecular formula is C18H19ClN6O2S. The van der Waals surface area contributed by atoms with Gasteiger partial charge in [-0.1, -0.05) is 34.6 Å². The maximum Gasteiger partial charge on any atom is 0.188 e. The Labute approximate surface area is 172 Å². The van der Waals surface area contributed by atoms with Gasteiger partial charge in [0, 0.05) is 23.5 Å². The molecule has 8 nitrogen and oxygen atoms in total. The van der Waals surface area contributed by atoms with Gasteiger partial charge in [0.15, 0.2) is 11.7 Å². The predicted molar refractivity (Wildman–Crippen MR) is 113 cm³/mol. The molecular weight excluding hydrogens is 400 g/mol. The fraction of sp³-hybridized carbons (Fsp3) is 0.111. The number of oxime groups is 2. The number of rotatable bonds is 6. The number of benzene rings is 1. The number of amidine groups is 2. The molecule has 10 heteroatoms. The van der Waals surface area contributed by atoms with E-state index in [2.05, 4.69) is 30.0 Å². The second-order valence-electron chi connectivity index (χ2n) is 5.36. The van der Waals surface area contributed by atoms with E-state index in [4.69, 9.17) is 11.5 Å². The minimum Gasteiger partial charge on any atom is -0.397 e. The van der Waals surface area contributed by atoms with Crippen LogP contribution in [-0.4, -0.2) is 35.9 Å². The van der Waals surface area contributed by atoms with Crippen LogP contribution in [0.2, 0.25) is 0 Å². The molecule has 0 aliphatic carbocycles. The highest BCUT2D eigenvalue weighted by molar-refractivity contribution is 7.18. The van der Waals surface area contributed by atoms with E-state index in [1.165, 1.54) is 14.2 Å². The van der Waals surface area contributed by atoms with Gasteiger partial charge in [0.25, 0.3) is 0 Å². The Bertz CT molecular complexity index is 893. The summed E-state index contributed by atoms with van der Waals surface area (Å²) in [6.07, 6.45) is 3.54. The van der Waals surface area contributed by atoms with Crippen molar-refractivity contribution in [1.82, 2.24) is 9.97 Å². The van der Waals surface area contributed by atoms with Gasteiger partial charge >= 0.3 is 0 Å². The van der Waals surface area contributed by atoms with Crippen LogP contribution in [0.25, 0.3) is 21.0 Å². The van der Waals surface area contributed by atoms with Gasteiger partial charge in [-0.05, 0) is 17.7 Å². The van der Waals surface area contributed by atoms with E-state index in [0.29, 0.717) is 11.5 Å². The molecule has 146 valence electrons. The second kappa shape index (κ2) is 9.67. The lowest BCUT2D eigenvalue weighted by Crippen LogP contribution is -2.15. The zero-order valence-electron chi connectivity index (χ0n) is 15.2. The topological polar surface area (TPSA) is 121 Å². The maximum absolute atomic E-state index is 5.81. The highest BCUT2D eigenvalue weighted by Gasteiger charge is 2.09. The Morgan fingerprint density at radius 2 is 1.50 bits per heavy atom. The van der Waals surface area contributed by atoms with Crippen molar-refractivity contribution in [2.24, 2.45) is 21.8 Å².